The van der Waals surface area contributed by atoms with E-state index in [9.17, 15) is 24.3 Å². The number of nitrogens with one attached hydrogen (secondary N) is 2. The predicted molar refractivity (Wildman–Crippen MR) is 125 cm³/mol. The van der Waals surface area contributed by atoms with Crippen molar-refractivity contribution in [2.75, 3.05) is 18.6 Å². The average molecular weight is 524 g/mol. The van der Waals surface area contributed by atoms with Crippen LogP contribution < -0.4 is 16.6 Å². The van der Waals surface area contributed by atoms with Crippen LogP contribution in [0.4, 0.5) is 5.13 Å². The largest absolute Gasteiger partial charge is 0.477 e. The Morgan fingerprint density at radius 1 is 1.53 bits per heavy atom. The number of hydrogen-bond donors (Lipinski definition) is 4. The van der Waals surface area contributed by atoms with E-state index in [0.717, 1.165) is 41.1 Å². The zero-order valence-electron chi connectivity index (χ0n) is 17.4. The Balaban J connectivity index is 1.88. The molecule has 0 spiro atoms. The molecule has 0 saturated carbocycles. The summed E-state index contributed by atoms with van der Waals surface area (Å²) < 4.78 is 0. The summed E-state index contributed by atoms with van der Waals surface area (Å²) in [6.07, 6.45) is 2.21. The van der Waals surface area contributed by atoms with E-state index in [1.54, 1.807) is 5.38 Å². The maximum atomic E-state index is 12.7. The molecule has 1 saturated heterocycles. The molecule has 13 nitrogen and oxygen atoms in total. The Morgan fingerprint density at radius 3 is 2.94 bits per heavy atom. The number of nitrogen functional groups attached to an aromatic ring is 1. The molecule has 16 heteroatoms. The van der Waals surface area contributed by atoms with Crippen molar-refractivity contribution >= 4 is 64.0 Å². The maximum Gasteiger partial charge on any atom is 0.352 e. The van der Waals surface area contributed by atoms with Gasteiger partial charge in [0.1, 0.15) is 24.0 Å². The predicted octanol–water partition coefficient (Wildman–Crippen LogP) is 0.146. The molecule has 0 bridgehead atoms. The minimum atomic E-state index is -1.49. The monoisotopic (exact) mass is 523 g/mol. The van der Waals surface area contributed by atoms with Gasteiger partial charge in [0, 0.05) is 22.8 Å². The number of aromatic nitrogens is 3. The van der Waals surface area contributed by atoms with E-state index in [0.29, 0.717) is 10.7 Å². The fourth-order valence-electron chi connectivity index (χ4n) is 3.45. The van der Waals surface area contributed by atoms with Gasteiger partial charge in [-0.3, -0.25) is 19.3 Å². The van der Waals surface area contributed by atoms with Crippen LogP contribution in [-0.4, -0.2) is 67.2 Å². The van der Waals surface area contributed by atoms with Gasteiger partial charge in [-0.25, -0.2) is 14.8 Å². The lowest BCUT2D eigenvalue weighted by molar-refractivity contribution is -0.146. The average Bonchev–Trinajstić information content (AvgIpc) is 3.22. The highest BCUT2D eigenvalue weighted by atomic mass is 32.2. The minimum absolute atomic E-state index is 0.0410. The van der Waals surface area contributed by atoms with Crippen LogP contribution in [0.25, 0.3) is 0 Å². The highest BCUT2D eigenvalue weighted by Gasteiger charge is 2.56. The lowest BCUT2D eigenvalue weighted by Gasteiger charge is -2.51. The first-order valence-electron chi connectivity index (χ1n) is 9.49. The molecule has 4 rings (SSSR count). The summed E-state index contributed by atoms with van der Waals surface area (Å²) in [5, 5.41) is 18.0. The standard InChI is InChI=1S/C18H17N7O6S3/c1-31-22-4-11(27)24-18(9-6-33-17(19)23-9)8(5-32-12-2-10(26)20-7-21-12)15(16(29)30)25-13(28)3-14(25)34-18/h2,4,6-7,14H,3,5H2,1H3,(H2,19,23)(H,24,27)(H,29,30)(H,20,21,26)/t14-,18?/m0/s1. The summed E-state index contributed by atoms with van der Waals surface area (Å²) >= 11 is 3.35. The molecule has 0 radical (unpaired) electrons. The van der Waals surface area contributed by atoms with Crippen LogP contribution >= 0.6 is 34.9 Å². The second kappa shape index (κ2) is 9.47. The third-order valence-corrected chi connectivity index (χ3v) is 8.03. The van der Waals surface area contributed by atoms with E-state index in [2.05, 4.69) is 30.3 Å². The molecule has 1 fully saturated rings. The number of nitrogens with zero attached hydrogens (tertiary/aromatic N) is 4. The van der Waals surface area contributed by atoms with Crippen LogP contribution in [0.3, 0.4) is 0 Å². The first-order chi connectivity index (χ1) is 16.2. The number of thiazole rings is 1. The fourth-order valence-corrected chi connectivity index (χ4v) is 6.86. The molecule has 2 aromatic rings. The van der Waals surface area contributed by atoms with Gasteiger partial charge in [0.25, 0.3) is 11.5 Å². The number of carbonyl (C=O) groups is 3. The van der Waals surface area contributed by atoms with Crippen molar-refractivity contribution in [3.63, 3.8) is 0 Å². The number of oxime groups is 1. The van der Waals surface area contributed by atoms with E-state index in [4.69, 9.17) is 5.73 Å². The van der Waals surface area contributed by atoms with E-state index in [-0.39, 0.29) is 40.0 Å². The smallest absolute Gasteiger partial charge is 0.352 e. The maximum absolute atomic E-state index is 12.7. The molecule has 1 unspecified atom stereocenters. The number of aliphatic carboxylic acids is 1. The quantitative estimate of drug-likeness (QED) is 0.121. The molecule has 2 atom stereocenters. The number of thioether (sulfide) groups is 2. The van der Waals surface area contributed by atoms with Gasteiger partial charge in [-0.1, -0.05) is 16.9 Å². The number of β-lactam (4-membered cyclic amide) rings is 1. The summed E-state index contributed by atoms with van der Waals surface area (Å²) in [5.41, 5.74) is 5.68. The molecule has 178 valence electrons. The number of amides is 2. The molecule has 34 heavy (non-hydrogen) atoms. The summed E-state index contributed by atoms with van der Waals surface area (Å²) in [7, 11) is 1.27. The first kappa shape index (κ1) is 23.8. The summed E-state index contributed by atoms with van der Waals surface area (Å²) in [5.74, 6) is -2.42. The van der Waals surface area contributed by atoms with Crippen molar-refractivity contribution < 1.29 is 24.3 Å². The van der Waals surface area contributed by atoms with E-state index >= 15 is 0 Å². The molecule has 2 aliphatic rings. The van der Waals surface area contributed by atoms with Crippen LogP contribution in [0.2, 0.25) is 0 Å². The molecule has 0 aliphatic carbocycles. The van der Waals surface area contributed by atoms with Gasteiger partial charge in [0.15, 0.2) is 10.0 Å². The molecule has 2 aromatic heterocycles. The zero-order valence-corrected chi connectivity index (χ0v) is 19.8. The minimum Gasteiger partial charge on any atom is -0.477 e. The SMILES string of the molecule is CON=CC(=O)NC1(c2csc(N)n2)S[C@H]2CC(=O)N2C(C(=O)O)=C1CSc1cc(=O)[nH]cn1. The summed E-state index contributed by atoms with van der Waals surface area (Å²) in [6.45, 7) is 0. The van der Waals surface area contributed by atoms with E-state index in [1.807, 2.05) is 0 Å². The van der Waals surface area contributed by atoms with Crippen LogP contribution in [0.1, 0.15) is 12.1 Å². The summed E-state index contributed by atoms with van der Waals surface area (Å²) in [6, 6.07) is 1.26. The molecule has 0 aromatic carbocycles. The Morgan fingerprint density at radius 2 is 2.32 bits per heavy atom. The van der Waals surface area contributed by atoms with E-state index in [1.165, 1.54) is 24.4 Å². The number of aromatic amines is 1. The fraction of sp³-hybridized carbons (Fsp3) is 0.278. The summed E-state index contributed by atoms with van der Waals surface area (Å²) in [4.78, 5) is 64.3. The van der Waals surface area contributed by atoms with Crippen LogP contribution in [0, 0.1) is 0 Å². The molecule has 5 N–H and O–H groups in total. The van der Waals surface area contributed by atoms with Crippen molar-refractivity contribution in [3.8, 4) is 0 Å². The van der Waals surface area contributed by atoms with Gasteiger partial charge >= 0.3 is 5.97 Å². The highest BCUT2D eigenvalue weighted by molar-refractivity contribution is 8.01. The van der Waals surface area contributed by atoms with Gasteiger partial charge in [-0.2, -0.15) is 0 Å². The highest BCUT2D eigenvalue weighted by Crippen LogP contribution is 2.54. The van der Waals surface area contributed by atoms with Gasteiger partial charge < -0.3 is 26.0 Å². The normalized spacial score (nSPS) is 21.9. The first-order valence-corrected chi connectivity index (χ1v) is 12.2. The van der Waals surface area contributed by atoms with Gasteiger partial charge in [0.2, 0.25) is 5.91 Å². The van der Waals surface area contributed by atoms with Gasteiger partial charge in [-0.15, -0.1) is 23.1 Å². The number of carboxylic acid groups (broad SMARTS) is 1. The number of rotatable bonds is 8. The molecular weight excluding hydrogens is 506 g/mol. The second-order valence-electron chi connectivity index (χ2n) is 6.87. The Labute approximate surface area is 203 Å². The van der Waals surface area contributed by atoms with Gasteiger partial charge in [-0.05, 0) is 0 Å². The number of hydrogen-bond acceptors (Lipinski definition) is 12. The lowest BCUT2D eigenvalue weighted by Crippen LogP contribution is -2.61. The topological polar surface area (TPSA) is 193 Å². The van der Waals surface area contributed by atoms with Crippen molar-refractivity contribution in [3.05, 3.63) is 45.1 Å². The molecular formula is C18H17N7O6S3. The molecule has 2 amide bonds. The van der Waals surface area contributed by atoms with Gasteiger partial charge in [0.05, 0.1) is 23.8 Å². The third kappa shape index (κ3) is 4.38. The van der Waals surface area contributed by atoms with Crippen LogP contribution in [0.15, 0.2) is 44.0 Å². The van der Waals surface area contributed by atoms with Crippen molar-refractivity contribution in [2.24, 2.45) is 5.16 Å². The third-order valence-electron chi connectivity index (χ3n) is 4.85. The van der Waals surface area contributed by atoms with Crippen LogP contribution in [0.5, 0.6) is 0 Å². The Kier molecular flexibility index (Phi) is 6.63. The van der Waals surface area contributed by atoms with Crippen molar-refractivity contribution in [1.82, 2.24) is 25.2 Å². The Hall–Kier alpha value is -3.37. The van der Waals surface area contributed by atoms with Crippen molar-refractivity contribution in [1.29, 1.82) is 0 Å². The molecule has 2 aliphatic heterocycles. The number of fused-ring (bicyclic) bond motifs is 1. The zero-order chi connectivity index (χ0) is 24.5. The number of carboxylic acids is 1. The number of anilines is 1. The molecule has 4 heterocycles. The van der Waals surface area contributed by atoms with Crippen molar-refractivity contribution in [2.45, 2.75) is 21.7 Å². The lowest BCUT2D eigenvalue weighted by atomic mass is 9.98. The Bertz CT molecular complexity index is 1270. The van der Waals surface area contributed by atoms with Crippen LogP contribution in [-0.2, 0) is 24.1 Å². The van der Waals surface area contributed by atoms with E-state index < -0.39 is 22.1 Å². The number of nitrogens with two attached hydrogens (primary N) is 1. The number of H-pyrrole nitrogens is 1. The number of carbonyl (C=O) groups excluding carboxylic acids is 2. The second-order valence-corrected chi connectivity index (χ2v) is 10.1.